The number of primary amides is 1. The summed E-state index contributed by atoms with van der Waals surface area (Å²) in [6.07, 6.45) is 3.95. The molecule has 2 fully saturated rings. The predicted octanol–water partition coefficient (Wildman–Crippen LogP) is 3.30. The highest BCUT2D eigenvalue weighted by Crippen LogP contribution is 2.43. The lowest BCUT2D eigenvalue weighted by atomic mass is 9.97. The van der Waals surface area contributed by atoms with Crippen LogP contribution >= 0.6 is 22.9 Å². The van der Waals surface area contributed by atoms with E-state index < -0.39 is 18.0 Å². The monoisotopic (exact) mass is 593 g/mol. The molecule has 3 atom stereocenters. The molecule has 1 aliphatic heterocycles. The summed E-state index contributed by atoms with van der Waals surface area (Å²) in [4.78, 5) is 61.3. The van der Waals surface area contributed by atoms with Crippen molar-refractivity contribution in [3.8, 4) is 0 Å². The van der Waals surface area contributed by atoms with Crippen molar-refractivity contribution < 1.29 is 19.2 Å². The molecule has 210 valence electrons. The summed E-state index contributed by atoms with van der Waals surface area (Å²) in [5.41, 5.74) is 6.43. The molecular formula is C26H24ClN9O4S. The fourth-order valence-electron chi connectivity index (χ4n) is 5.68. The van der Waals surface area contributed by atoms with Crippen molar-refractivity contribution in [3.63, 3.8) is 0 Å². The largest absolute Gasteiger partial charge is 0.364 e. The molecule has 0 unspecified atom stereocenters. The highest BCUT2D eigenvalue weighted by molar-refractivity contribution is 7.13. The summed E-state index contributed by atoms with van der Waals surface area (Å²) in [6, 6.07) is 8.52. The second kappa shape index (κ2) is 10.8. The van der Waals surface area contributed by atoms with Gasteiger partial charge in [-0.15, -0.1) is 11.3 Å². The van der Waals surface area contributed by atoms with Gasteiger partial charge >= 0.3 is 6.03 Å². The lowest BCUT2D eigenvalue weighted by molar-refractivity contribution is -0.141. The number of anilines is 3. The molecule has 1 saturated carbocycles. The van der Waals surface area contributed by atoms with E-state index in [0.717, 1.165) is 19.3 Å². The van der Waals surface area contributed by atoms with Gasteiger partial charge in [-0.3, -0.25) is 24.4 Å². The summed E-state index contributed by atoms with van der Waals surface area (Å²) in [5.74, 6) is -1.07. The van der Waals surface area contributed by atoms with E-state index in [9.17, 15) is 19.2 Å². The lowest BCUT2D eigenvalue weighted by Crippen LogP contribution is -2.52. The molecule has 0 spiro atoms. The highest BCUT2D eigenvalue weighted by atomic mass is 35.5. The first-order valence-corrected chi connectivity index (χ1v) is 14.0. The second-order valence-corrected chi connectivity index (χ2v) is 11.1. The van der Waals surface area contributed by atoms with Crippen LogP contribution in [0.2, 0.25) is 5.15 Å². The fourth-order valence-corrected chi connectivity index (χ4v) is 6.36. The zero-order valence-electron chi connectivity index (χ0n) is 21.4. The quantitative estimate of drug-likeness (QED) is 0.237. The Hall–Kier alpha value is -4.56. The zero-order valence-corrected chi connectivity index (χ0v) is 23.0. The van der Waals surface area contributed by atoms with Crippen molar-refractivity contribution in [2.75, 3.05) is 16.0 Å². The average molecular weight is 594 g/mol. The molecule has 5 amide bonds. The molecule has 1 aliphatic carbocycles. The maximum absolute atomic E-state index is 13.7. The molecule has 13 nitrogen and oxygen atoms in total. The van der Waals surface area contributed by atoms with Gasteiger partial charge in [0.05, 0.1) is 5.52 Å². The first-order valence-electron chi connectivity index (χ1n) is 12.8. The van der Waals surface area contributed by atoms with Crippen LogP contribution in [0.3, 0.4) is 0 Å². The number of hydrogen-bond acceptors (Lipinski definition) is 8. The Kier molecular flexibility index (Phi) is 7.01. The van der Waals surface area contributed by atoms with E-state index in [0.29, 0.717) is 27.5 Å². The number of nitrogens with zero attached hydrogens (tertiary/aromatic N) is 5. The molecule has 4 aromatic rings. The topological polar surface area (TPSA) is 177 Å². The number of likely N-dealkylation sites (tertiary alicyclic amines) is 1. The molecule has 2 bridgehead atoms. The summed E-state index contributed by atoms with van der Waals surface area (Å²) in [5, 5.41) is 15.2. The smallest absolute Gasteiger partial charge is 0.325 e. The minimum absolute atomic E-state index is 0.0304. The number of nitrogens with one attached hydrogen (secondary N) is 3. The van der Waals surface area contributed by atoms with Crippen molar-refractivity contribution in [2.24, 2.45) is 11.7 Å². The number of aromatic nitrogens is 4. The van der Waals surface area contributed by atoms with E-state index >= 15 is 0 Å². The highest BCUT2D eigenvalue weighted by Gasteiger charge is 2.51. The number of pyridine rings is 1. The van der Waals surface area contributed by atoms with Gasteiger partial charge in [0.25, 0.3) is 5.91 Å². The number of urea groups is 1. The number of benzene rings is 1. The number of thiazole rings is 1. The normalized spacial score (nSPS) is 19.3. The lowest BCUT2D eigenvalue weighted by Gasteiger charge is -2.34. The molecule has 3 aromatic heterocycles. The number of carbonyl (C=O) groups excluding carboxylic acids is 4. The number of carbonyl (C=O) groups is 4. The standard InChI is InChI=1S/C26H24ClN9O4S/c27-18-2-1-3-19(31-18)32-24(39)22-13-4-6-15(10-13)36(22)20(37)12-35-17-7-5-14(11-16(17)21(34-35)23(28)38)30-25(40)33-26-29-8-9-41-26/h1-3,5,7-9,11,13,15,22H,4,6,10,12H2,(H2,28,38)(H,31,32,39)(H2,29,30,33,40)/t13-,15+,22-/m0/s1. The third-order valence-corrected chi connectivity index (χ3v) is 8.19. The third-order valence-electron chi connectivity index (χ3n) is 7.29. The number of hydrogen-bond donors (Lipinski definition) is 4. The van der Waals surface area contributed by atoms with Crippen LogP contribution in [0.1, 0.15) is 29.8 Å². The van der Waals surface area contributed by atoms with Crippen LogP contribution in [0.25, 0.3) is 10.9 Å². The molecule has 2 aliphatic rings. The minimum Gasteiger partial charge on any atom is -0.364 e. The van der Waals surface area contributed by atoms with Crippen LogP contribution < -0.4 is 21.7 Å². The molecular weight excluding hydrogens is 570 g/mol. The van der Waals surface area contributed by atoms with Gasteiger partial charge < -0.3 is 21.3 Å². The van der Waals surface area contributed by atoms with E-state index in [2.05, 4.69) is 31.0 Å². The van der Waals surface area contributed by atoms with Gasteiger partial charge in [0.2, 0.25) is 11.8 Å². The van der Waals surface area contributed by atoms with Crippen molar-refractivity contribution in [2.45, 2.75) is 37.9 Å². The van der Waals surface area contributed by atoms with Crippen LogP contribution in [0.15, 0.2) is 48.0 Å². The van der Waals surface area contributed by atoms with E-state index in [1.165, 1.54) is 16.0 Å². The summed E-state index contributed by atoms with van der Waals surface area (Å²) < 4.78 is 1.40. The van der Waals surface area contributed by atoms with Gasteiger partial charge in [-0.05, 0) is 55.5 Å². The van der Waals surface area contributed by atoms with Crippen molar-refractivity contribution in [3.05, 3.63) is 58.8 Å². The molecule has 0 radical (unpaired) electrons. The first kappa shape index (κ1) is 26.7. The Morgan fingerprint density at radius 2 is 1.95 bits per heavy atom. The van der Waals surface area contributed by atoms with Gasteiger partial charge in [0, 0.05) is 28.7 Å². The van der Waals surface area contributed by atoms with Crippen LogP contribution in [-0.4, -0.2) is 60.5 Å². The van der Waals surface area contributed by atoms with E-state index in [1.54, 1.807) is 52.9 Å². The molecule has 5 N–H and O–H groups in total. The first-order chi connectivity index (χ1) is 19.8. The number of nitrogens with two attached hydrogens (primary N) is 1. The summed E-state index contributed by atoms with van der Waals surface area (Å²) in [6.45, 7) is -0.205. The molecule has 1 saturated heterocycles. The van der Waals surface area contributed by atoms with Gasteiger partial charge in [-0.25, -0.2) is 14.8 Å². The van der Waals surface area contributed by atoms with Crippen molar-refractivity contribution in [1.29, 1.82) is 0 Å². The number of amides is 5. The number of piperidine rings is 1. The molecule has 1 aromatic carbocycles. The third kappa shape index (κ3) is 5.30. The van der Waals surface area contributed by atoms with E-state index in [1.807, 2.05) is 0 Å². The average Bonchev–Trinajstić information content (AvgIpc) is 3.73. The predicted molar refractivity (Wildman–Crippen MR) is 153 cm³/mol. The van der Waals surface area contributed by atoms with Crippen LogP contribution in [0.5, 0.6) is 0 Å². The second-order valence-electron chi connectivity index (χ2n) is 9.83. The molecule has 6 rings (SSSR count). The maximum atomic E-state index is 13.7. The van der Waals surface area contributed by atoms with Crippen molar-refractivity contribution in [1.82, 2.24) is 24.6 Å². The number of fused-ring (bicyclic) bond motifs is 3. The number of halogens is 1. The van der Waals surface area contributed by atoms with Gasteiger partial charge in [0.1, 0.15) is 23.6 Å². The van der Waals surface area contributed by atoms with Gasteiger partial charge in [-0.1, -0.05) is 17.7 Å². The fraction of sp³-hybridized carbons (Fsp3) is 0.269. The SMILES string of the molecule is NC(=O)c1nn(CC(=O)N2[C@@H]3CC[C@@H](C3)[C@H]2C(=O)Nc2cccc(Cl)n2)c2ccc(NC(=O)Nc3nccs3)cc12. The maximum Gasteiger partial charge on any atom is 0.325 e. The molecule has 4 heterocycles. The Morgan fingerprint density at radius 3 is 2.71 bits per heavy atom. The molecule has 41 heavy (non-hydrogen) atoms. The Labute approximate surface area is 242 Å². The summed E-state index contributed by atoms with van der Waals surface area (Å²) in [7, 11) is 0. The van der Waals surface area contributed by atoms with Crippen molar-refractivity contribution >= 4 is 74.2 Å². The Balaban J connectivity index is 1.22. The Bertz CT molecular complexity index is 1670. The van der Waals surface area contributed by atoms with Crippen LogP contribution in [0, 0.1) is 5.92 Å². The van der Waals surface area contributed by atoms with Crippen LogP contribution in [0.4, 0.5) is 21.4 Å². The minimum atomic E-state index is -0.780. The van der Waals surface area contributed by atoms with E-state index in [4.69, 9.17) is 17.3 Å². The van der Waals surface area contributed by atoms with E-state index in [-0.39, 0.29) is 41.2 Å². The van der Waals surface area contributed by atoms with Gasteiger partial charge in [-0.2, -0.15) is 5.10 Å². The van der Waals surface area contributed by atoms with Crippen LogP contribution in [-0.2, 0) is 16.1 Å². The molecule has 15 heteroatoms. The Morgan fingerprint density at radius 1 is 1.10 bits per heavy atom. The van der Waals surface area contributed by atoms with Gasteiger partial charge in [0.15, 0.2) is 10.8 Å². The number of rotatable bonds is 7. The zero-order chi connectivity index (χ0) is 28.7. The summed E-state index contributed by atoms with van der Waals surface area (Å²) >= 11 is 7.23.